The summed E-state index contributed by atoms with van der Waals surface area (Å²) in [7, 11) is 3.49. The predicted octanol–water partition coefficient (Wildman–Crippen LogP) is 2.46. The lowest BCUT2D eigenvalue weighted by Crippen LogP contribution is -2.46. The first-order valence-electron chi connectivity index (χ1n) is 9.53. The van der Waals surface area contributed by atoms with E-state index in [4.69, 9.17) is 4.42 Å². The number of amides is 1. The molecule has 8 heteroatoms. The van der Waals surface area contributed by atoms with Crippen LogP contribution in [0.4, 0.5) is 0 Å². The lowest BCUT2D eigenvalue weighted by atomic mass is 10.2. The second-order valence-corrected chi connectivity index (χ2v) is 7.06. The van der Waals surface area contributed by atoms with Crippen molar-refractivity contribution in [1.29, 1.82) is 0 Å². The van der Waals surface area contributed by atoms with E-state index in [1.165, 1.54) is 12.8 Å². The number of guanidine groups is 1. The highest BCUT2D eigenvalue weighted by Crippen LogP contribution is 2.24. The predicted molar refractivity (Wildman–Crippen MR) is 120 cm³/mol. The van der Waals surface area contributed by atoms with E-state index in [1.54, 1.807) is 25.3 Å². The molecule has 1 fully saturated rings. The third-order valence-electron chi connectivity index (χ3n) is 4.78. The molecule has 27 heavy (non-hydrogen) atoms. The van der Waals surface area contributed by atoms with Crippen LogP contribution < -0.4 is 10.6 Å². The molecule has 0 aromatic carbocycles. The van der Waals surface area contributed by atoms with Crippen molar-refractivity contribution in [1.82, 2.24) is 20.4 Å². The molecule has 1 aromatic rings. The smallest absolute Gasteiger partial charge is 0.243 e. The first kappa shape index (κ1) is 23.7. The summed E-state index contributed by atoms with van der Waals surface area (Å²) < 4.78 is 5.67. The first-order chi connectivity index (χ1) is 12.5. The van der Waals surface area contributed by atoms with Crippen LogP contribution in [0.5, 0.6) is 0 Å². The summed E-state index contributed by atoms with van der Waals surface area (Å²) in [6.07, 6.45) is 5.15. The number of likely N-dealkylation sites (tertiary alicyclic amines) is 1. The van der Waals surface area contributed by atoms with Crippen molar-refractivity contribution in [2.45, 2.75) is 45.2 Å². The van der Waals surface area contributed by atoms with Crippen LogP contribution >= 0.6 is 24.0 Å². The quantitative estimate of drug-likeness (QED) is 0.332. The normalized spacial score (nSPS) is 17.1. The highest BCUT2D eigenvalue weighted by Gasteiger charge is 2.25. The Morgan fingerprint density at radius 1 is 1.37 bits per heavy atom. The summed E-state index contributed by atoms with van der Waals surface area (Å²) >= 11 is 0. The summed E-state index contributed by atoms with van der Waals surface area (Å²) in [6, 6.07) is 4.41. The van der Waals surface area contributed by atoms with E-state index in [0.717, 1.165) is 25.3 Å². The minimum absolute atomic E-state index is 0. The van der Waals surface area contributed by atoms with E-state index in [0.29, 0.717) is 12.5 Å². The Morgan fingerprint density at radius 3 is 2.63 bits per heavy atom. The topological polar surface area (TPSA) is 73.1 Å². The van der Waals surface area contributed by atoms with E-state index in [2.05, 4.69) is 34.4 Å². The average molecular weight is 491 g/mol. The van der Waals surface area contributed by atoms with Gasteiger partial charge in [0.25, 0.3) is 0 Å². The van der Waals surface area contributed by atoms with E-state index in [9.17, 15) is 4.79 Å². The van der Waals surface area contributed by atoms with Gasteiger partial charge in [-0.1, -0.05) is 6.92 Å². The Kier molecular flexibility index (Phi) is 10.8. The maximum Gasteiger partial charge on any atom is 0.243 e. The van der Waals surface area contributed by atoms with Crippen LogP contribution in [0.1, 0.15) is 44.9 Å². The Hall–Kier alpha value is -1.29. The van der Waals surface area contributed by atoms with Crippen molar-refractivity contribution in [2.75, 3.05) is 40.3 Å². The van der Waals surface area contributed by atoms with Gasteiger partial charge >= 0.3 is 0 Å². The number of likely N-dealkylation sites (N-methyl/N-ethyl adjacent to an activating group) is 1. The van der Waals surface area contributed by atoms with Crippen molar-refractivity contribution >= 4 is 35.8 Å². The highest BCUT2D eigenvalue weighted by atomic mass is 127. The summed E-state index contributed by atoms with van der Waals surface area (Å²) in [5, 5.41) is 6.78. The maximum absolute atomic E-state index is 11.9. The van der Waals surface area contributed by atoms with Gasteiger partial charge in [-0.2, -0.15) is 0 Å². The van der Waals surface area contributed by atoms with Crippen molar-refractivity contribution < 1.29 is 9.21 Å². The zero-order valence-electron chi connectivity index (χ0n) is 16.9. The number of hydrogen-bond acceptors (Lipinski definition) is 4. The molecule has 0 saturated carbocycles. The lowest BCUT2D eigenvalue weighted by Gasteiger charge is -2.27. The van der Waals surface area contributed by atoms with Crippen molar-refractivity contribution in [2.24, 2.45) is 4.99 Å². The van der Waals surface area contributed by atoms with Crippen LogP contribution in [-0.2, 0) is 4.79 Å². The Bertz CT molecular complexity index is 571. The van der Waals surface area contributed by atoms with Crippen LogP contribution in [0.2, 0.25) is 0 Å². The van der Waals surface area contributed by atoms with E-state index >= 15 is 0 Å². The second kappa shape index (κ2) is 12.2. The molecule has 1 aliphatic rings. The van der Waals surface area contributed by atoms with Gasteiger partial charge in [-0.05, 0) is 51.4 Å². The fourth-order valence-electron chi connectivity index (χ4n) is 2.91. The molecule has 0 bridgehead atoms. The lowest BCUT2D eigenvalue weighted by molar-refractivity contribution is -0.127. The van der Waals surface area contributed by atoms with Crippen molar-refractivity contribution in [3.8, 4) is 0 Å². The minimum Gasteiger partial charge on any atom is -0.468 e. The minimum atomic E-state index is -0.0163. The van der Waals surface area contributed by atoms with Crippen LogP contribution in [-0.4, -0.2) is 68.0 Å². The molecule has 0 aliphatic carbocycles. The zero-order valence-corrected chi connectivity index (χ0v) is 19.2. The number of nitrogens with one attached hydrogen (secondary N) is 2. The van der Waals surface area contributed by atoms with Gasteiger partial charge in [-0.25, -0.2) is 4.99 Å². The van der Waals surface area contributed by atoms with Gasteiger partial charge in [-0.15, -0.1) is 24.0 Å². The number of carbonyl (C=O) groups is 1. The molecule has 2 N–H and O–H groups in total. The van der Waals surface area contributed by atoms with Gasteiger partial charge in [0.2, 0.25) is 5.91 Å². The monoisotopic (exact) mass is 491 g/mol. The van der Waals surface area contributed by atoms with Gasteiger partial charge in [-0.3, -0.25) is 9.69 Å². The molecule has 2 heterocycles. The Morgan fingerprint density at radius 2 is 2.07 bits per heavy atom. The Balaban J connectivity index is 0.00000364. The summed E-state index contributed by atoms with van der Waals surface area (Å²) in [5.74, 6) is 1.62. The van der Waals surface area contributed by atoms with Crippen molar-refractivity contribution in [3.05, 3.63) is 24.2 Å². The number of nitrogens with zero attached hydrogens (tertiary/aromatic N) is 3. The molecule has 0 spiro atoms. The number of rotatable bonds is 8. The number of aliphatic imine (C=N–C) groups is 1. The molecule has 154 valence electrons. The largest absolute Gasteiger partial charge is 0.468 e. The number of carbonyl (C=O) groups excluding carboxylic acids is 1. The van der Waals surface area contributed by atoms with Gasteiger partial charge in [0.1, 0.15) is 12.3 Å². The molecular weight excluding hydrogens is 457 g/mol. The van der Waals surface area contributed by atoms with E-state index in [-0.39, 0.29) is 48.5 Å². The summed E-state index contributed by atoms with van der Waals surface area (Å²) in [5.41, 5.74) is 0. The van der Waals surface area contributed by atoms with Gasteiger partial charge in [0, 0.05) is 26.7 Å². The zero-order chi connectivity index (χ0) is 18.9. The number of hydrogen-bond donors (Lipinski definition) is 2. The standard InChI is InChI=1S/C19H33N5O2.HI/c1-5-15(2)22-19(21-14-18(25)23(3)4)20-13-16(17-9-8-12-26-17)24-10-6-7-11-24;/h8-9,12,15-16H,5-7,10-11,13-14H2,1-4H3,(H2,20,21,22);1H. The van der Waals surface area contributed by atoms with Gasteiger partial charge < -0.3 is 20.0 Å². The van der Waals surface area contributed by atoms with Crippen LogP contribution in [0.15, 0.2) is 27.8 Å². The molecule has 1 aliphatic heterocycles. The fraction of sp³-hybridized carbons (Fsp3) is 0.684. The third-order valence-corrected chi connectivity index (χ3v) is 4.78. The number of furan rings is 1. The van der Waals surface area contributed by atoms with Crippen LogP contribution in [0.25, 0.3) is 0 Å². The SMILES string of the molecule is CCC(C)NC(=NCC(=O)N(C)C)NCC(c1ccco1)N1CCCC1.I. The van der Waals surface area contributed by atoms with Crippen LogP contribution in [0.3, 0.4) is 0 Å². The first-order valence-corrected chi connectivity index (χ1v) is 9.53. The molecule has 0 radical (unpaired) electrons. The third kappa shape index (κ3) is 7.69. The molecule has 2 rings (SSSR count). The molecule has 2 atom stereocenters. The molecule has 1 aromatic heterocycles. The van der Waals surface area contributed by atoms with Crippen LogP contribution in [0, 0.1) is 0 Å². The molecule has 1 saturated heterocycles. The van der Waals surface area contributed by atoms with Gasteiger partial charge in [0.15, 0.2) is 5.96 Å². The van der Waals surface area contributed by atoms with Crippen molar-refractivity contribution in [3.63, 3.8) is 0 Å². The highest BCUT2D eigenvalue weighted by molar-refractivity contribution is 14.0. The molecule has 1 amide bonds. The molecule has 7 nitrogen and oxygen atoms in total. The maximum atomic E-state index is 11.9. The summed E-state index contributed by atoms with van der Waals surface area (Å²) in [6.45, 7) is 7.21. The second-order valence-electron chi connectivity index (χ2n) is 7.06. The molecule has 2 unspecified atom stereocenters. The Labute approximate surface area is 180 Å². The van der Waals surface area contributed by atoms with E-state index in [1.807, 2.05) is 12.1 Å². The average Bonchev–Trinajstić information content (AvgIpc) is 3.33. The fourth-order valence-corrected chi connectivity index (χ4v) is 2.91. The molecular formula is C19H34IN5O2. The number of halogens is 1. The summed E-state index contributed by atoms with van der Waals surface area (Å²) in [4.78, 5) is 20.3. The van der Waals surface area contributed by atoms with Gasteiger partial charge in [0.05, 0.1) is 12.3 Å². The van der Waals surface area contributed by atoms with E-state index < -0.39 is 0 Å².